The quantitative estimate of drug-likeness (QED) is 0.844. The van der Waals surface area contributed by atoms with Gasteiger partial charge in [0.25, 0.3) is 0 Å². The molecule has 2 rings (SSSR count). The Bertz CT molecular complexity index is 362. The molecule has 0 spiro atoms. The molecule has 0 aliphatic carbocycles. The van der Waals surface area contributed by atoms with Gasteiger partial charge in [0.1, 0.15) is 5.82 Å². The van der Waals surface area contributed by atoms with E-state index >= 15 is 0 Å². The lowest BCUT2D eigenvalue weighted by Gasteiger charge is -2.31. The minimum atomic E-state index is -0.127. The Morgan fingerprint density at radius 2 is 2.00 bits per heavy atom. The predicted octanol–water partition coefficient (Wildman–Crippen LogP) is 2.31. The molecule has 0 radical (unpaired) electrons. The summed E-state index contributed by atoms with van der Waals surface area (Å²) in [5.41, 5.74) is 1.72. The van der Waals surface area contributed by atoms with Gasteiger partial charge in [-0.2, -0.15) is 0 Å². The highest BCUT2D eigenvalue weighted by molar-refractivity contribution is 9.10. The fourth-order valence-corrected chi connectivity index (χ4v) is 2.24. The van der Waals surface area contributed by atoms with Crippen molar-refractivity contribution in [3.05, 3.63) is 28.0 Å². The largest absolute Gasteiger partial charge is 0.366 e. The Kier molecular flexibility index (Phi) is 3.26. The number of halogens is 2. The molecule has 82 valence electrons. The first kappa shape index (κ1) is 10.9. The van der Waals surface area contributed by atoms with E-state index in [1.807, 2.05) is 6.92 Å². The van der Waals surface area contributed by atoms with Crippen molar-refractivity contribution in [1.82, 2.24) is 5.32 Å². The predicted molar refractivity (Wildman–Crippen MR) is 63.9 cm³/mol. The Labute approximate surface area is 97.6 Å². The fourth-order valence-electron chi connectivity index (χ4n) is 1.92. The molecule has 0 saturated carbocycles. The maximum absolute atomic E-state index is 13.7. The van der Waals surface area contributed by atoms with Crippen LogP contribution in [0.1, 0.15) is 5.56 Å². The van der Waals surface area contributed by atoms with Crippen LogP contribution < -0.4 is 10.2 Å². The van der Waals surface area contributed by atoms with Gasteiger partial charge in [0.2, 0.25) is 0 Å². The zero-order valence-corrected chi connectivity index (χ0v) is 10.3. The summed E-state index contributed by atoms with van der Waals surface area (Å²) in [6.45, 7) is 5.53. The molecule has 0 amide bonds. The molecule has 4 heteroatoms. The van der Waals surface area contributed by atoms with Crippen LogP contribution in [0.5, 0.6) is 0 Å². The van der Waals surface area contributed by atoms with Gasteiger partial charge in [0, 0.05) is 30.7 Å². The zero-order valence-electron chi connectivity index (χ0n) is 8.69. The number of piperazine rings is 1. The van der Waals surface area contributed by atoms with Crippen molar-refractivity contribution >= 4 is 21.6 Å². The second kappa shape index (κ2) is 4.49. The van der Waals surface area contributed by atoms with Crippen molar-refractivity contribution in [1.29, 1.82) is 0 Å². The van der Waals surface area contributed by atoms with Crippen molar-refractivity contribution in [2.45, 2.75) is 6.92 Å². The zero-order chi connectivity index (χ0) is 10.8. The van der Waals surface area contributed by atoms with E-state index in [0.717, 1.165) is 41.9 Å². The first-order valence-electron chi connectivity index (χ1n) is 5.10. The Hall–Kier alpha value is -0.610. The number of nitrogens with one attached hydrogen (secondary N) is 1. The first-order chi connectivity index (χ1) is 7.20. The molecular formula is C11H14BrFN2. The minimum absolute atomic E-state index is 0.127. The van der Waals surface area contributed by atoms with E-state index in [4.69, 9.17) is 0 Å². The van der Waals surface area contributed by atoms with Gasteiger partial charge in [-0.25, -0.2) is 4.39 Å². The van der Waals surface area contributed by atoms with Crippen molar-refractivity contribution in [3.8, 4) is 0 Å². The Morgan fingerprint density at radius 3 is 2.67 bits per heavy atom. The summed E-state index contributed by atoms with van der Waals surface area (Å²) in [6.07, 6.45) is 0. The van der Waals surface area contributed by atoms with Crippen LogP contribution in [0, 0.1) is 12.7 Å². The molecule has 1 N–H and O–H groups in total. The van der Waals surface area contributed by atoms with Crippen LogP contribution in [-0.4, -0.2) is 26.2 Å². The highest BCUT2D eigenvalue weighted by Gasteiger charge is 2.17. The van der Waals surface area contributed by atoms with E-state index in [1.165, 1.54) is 6.07 Å². The van der Waals surface area contributed by atoms with Gasteiger partial charge in [-0.15, -0.1) is 0 Å². The Morgan fingerprint density at radius 1 is 1.33 bits per heavy atom. The molecule has 1 aromatic rings. The van der Waals surface area contributed by atoms with Crippen molar-refractivity contribution in [2.24, 2.45) is 0 Å². The number of rotatable bonds is 1. The molecule has 2 nitrogen and oxygen atoms in total. The van der Waals surface area contributed by atoms with Crippen LogP contribution in [-0.2, 0) is 0 Å². The van der Waals surface area contributed by atoms with Gasteiger partial charge in [-0.05, 0) is 24.6 Å². The van der Waals surface area contributed by atoms with Crippen LogP contribution in [0.4, 0.5) is 10.1 Å². The number of nitrogens with zero attached hydrogens (tertiary/aromatic N) is 1. The molecule has 1 aliphatic rings. The van der Waals surface area contributed by atoms with Crippen LogP contribution in [0.15, 0.2) is 16.6 Å². The summed E-state index contributed by atoms with van der Waals surface area (Å²) in [6, 6.07) is 3.28. The van der Waals surface area contributed by atoms with Gasteiger partial charge in [-0.3, -0.25) is 0 Å². The maximum Gasteiger partial charge on any atom is 0.146 e. The average Bonchev–Trinajstić information content (AvgIpc) is 2.26. The topological polar surface area (TPSA) is 15.3 Å². The molecule has 0 unspecified atom stereocenters. The monoisotopic (exact) mass is 272 g/mol. The normalized spacial score (nSPS) is 16.9. The Balaban J connectivity index is 2.36. The molecule has 1 fully saturated rings. The van der Waals surface area contributed by atoms with Gasteiger partial charge in [0.05, 0.1) is 5.69 Å². The summed E-state index contributed by atoms with van der Waals surface area (Å²) < 4.78 is 14.7. The average molecular weight is 273 g/mol. The molecular weight excluding hydrogens is 259 g/mol. The van der Waals surface area contributed by atoms with Crippen molar-refractivity contribution in [2.75, 3.05) is 31.1 Å². The van der Waals surface area contributed by atoms with E-state index in [1.54, 1.807) is 6.07 Å². The van der Waals surface area contributed by atoms with Crippen LogP contribution in [0.2, 0.25) is 0 Å². The molecule has 0 aromatic heterocycles. The van der Waals surface area contributed by atoms with Crippen LogP contribution in [0.3, 0.4) is 0 Å². The molecule has 1 saturated heterocycles. The van der Waals surface area contributed by atoms with Crippen molar-refractivity contribution < 1.29 is 4.39 Å². The van der Waals surface area contributed by atoms with Gasteiger partial charge in [-0.1, -0.05) is 15.9 Å². The van der Waals surface area contributed by atoms with E-state index in [-0.39, 0.29) is 5.82 Å². The third-order valence-electron chi connectivity index (χ3n) is 2.75. The first-order valence-corrected chi connectivity index (χ1v) is 5.89. The van der Waals surface area contributed by atoms with Gasteiger partial charge in [0.15, 0.2) is 0 Å². The highest BCUT2D eigenvalue weighted by Crippen LogP contribution is 2.30. The summed E-state index contributed by atoms with van der Waals surface area (Å²) in [7, 11) is 0. The fraction of sp³-hybridized carbons (Fsp3) is 0.455. The van der Waals surface area contributed by atoms with E-state index in [2.05, 4.69) is 26.1 Å². The molecule has 15 heavy (non-hydrogen) atoms. The molecule has 0 atom stereocenters. The lowest BCUT2D eigenvalue weighted by molar-refractivity contribution is 0.564. The smallest absolute Gasteiger partial charge is 0.146 e. The lowest BCUT2D eigenvalue weighted by Crippen LogP contribution is -2.44. The highest BCUT2D eigenvalue weighted by atomic mass is 79.9. The molecule has 1 aromatic carbocycles. The molecule has 1 aliphatic heterocycles. The maximum atomic E-state index is 13.7. The number of anilines is 1. The van der Waals surface area contributed by atoms with E-state index in [9.17, 15) is 4.39 Å². The van der Waals surface area contributed by atoms with Gasteiger partial charge >= 0.3 is 0 Å². The minimum Gasteiger partial charge on any atom is -0.366 e. The van der Waals surface area contributed by atoms with Crippen LogP contribution in [0.25, 0.3) is 0 Å². The number of hydrogen-bond acceptors (Lipinski definition) is 2. The van der Waals surface area contributed by atoms with Gasteiger partial charge < -0.3 is 10.2 Å². The number of benzene rings is 1. The molecule has 1 heterocycles. The molecule has 0 bridgehead atoms. The van der Waals surface area contributed by atoms with Crippen molar-refractivity contribution in [3.63, 3.8) is 0 Å². The van der Waals surface area contributed by atoms with E-state index in [0.29, 0.717) is 0 Å². The summed E-state index contributed by atoms with van der Waals surface area (Å²) in [5.74, 6) is -0.127. The second-order valence-corrected chi connectivity index (χ2v) is 4.59. The van der Waals surface area contributed by atoms with Crippen LogP contribution >= 0.6 is 15.9 Å². The summed E-state index contributed by atoms with van der Waals surface area (Å²) >= 11 is 3.44. The lowest BCUT2D eigenvalue weighted by atomic mass is 10.1. The second-order valence-electron chi connectivity index (χ2n) is 3.74. The summed E-state index contributed by atoms with van der Waals surface area (Å²) in [4.78, 5) is 2.10. The summed E-state index contributed by atoms with van der Waals surface area (Å²) in [5, 5.41) is 3.26. The van der Waals surface area contributed by atoms with E-state index < -0.39 is 0 Å². The third-order valence-corrected chi connectivity index (χ3v) is 3.61. The standard InChI is InChI=1S/C11H14BrFN2/c1-8-9(12)2-3-10(13)11(8)15-6-4-14-5-7-15/h2-3,14H,4-7H2,1H3. The SMILES string of the molecule is Cc1c(Br)ccc(F)c1N1CCNCC1. The number of hydrogen-bond donors (Lipinski definition) is 1. The third kappa shape index (κ3) is 2.16.